The van der Waals surface area contributed by atoms with Gasteiger partial charge < -0.3 is 9.94 Å². The van der Waals surface area contributed by atoms with Gasteiger partial charge in [-0.25, -0.2) is 0 Å². The van der Waals surface area contributed by atoms with Crippen molar-refractivity contribution in [3.05, 3.63) is 77.0 Å². The Morgan fingerprint density at radius 1 is 0.944 bits per heavy atom. The molecule has 1 aliphatic heterocycles. The normalized spacial score (nSPS) is 19.2. The van der Waals surface area contributed by atoms with Crippen LogP contribution in [0.25, 0.3) is 0 Å². The van der Waals surface area contributed by atoms with Gasteiger partial charge in [-0.1, -0.05) is 48.5 Å². The summed E-state index contributed by atoms with van der Waals surface area (Å²) in [6.07, 6.45) is -0.272. The number of rotatable bonds is 2. The molecule has 0 aliphatic carbocycles. The van der Waals surface area contributed by atoms with Gasteiger partial charge in [0, 0.05) is 5.56 Å². The fourth-order valence-electron chi connectivity index (χ4n) is 2.21. The summed E-state index contributed by atoms with van der Waals surface area (Å²) in [4.78, 5) is 0. The average Bonchev–Trinajstić information content (AvgIpc) is 2.83. The van der Waals surface area contributed by atoms with E-state index in [1.54, 1.807) is 0 Å². The lowest BCUT2D eigenvalue weighted by molar-refractivity contribution is -0.485. The van der Waals surface area contributed by atoms with Gasteiger partial charge in [0.05, 0.1) is 0 Å². The van der Waals surface area contributed by atoms with E-state index in [9.17, 15) is 5.21 Å². The molecule has 1 aliphatic rings. The summed E-state index contributed by atoms with van der Waals surface area (Å²) in [5, 5.41) is 11.9. The van der Waals surface area contributed by atoms with Crippen molar-refractivity contribution in [2.45, 2.75) is 6.10 Å². The first kappa shape index (κ1) is 11.0. The maximum absolute atomic E-state index is 11.9. The molecule has 3 heteroatoms. The summed E-state index contributed by atoms with van der Waals surface area (Å²) in [6.45, 7) is 0.0871. The Morgan fingerprint density at radius 2 is 1.56 bits per heavy atom. The smallest absolute Gasteiger partial charge is 0.259 e. The van der Waals surface area contributed by atoms with Crippen molar-refractivity contribution >= 4 is 5.71 Å². The SMILES string of the molecule is [O-][N+]1=C(c2ccccc2)C(c2ccccc2)OC1. The maximum atomic E-state index is 11.9. The number of hydrogen-bond donors (Lipinski definition) is 0. The highest BCUT2D eigenvalue weighted by Crippen LogP contribution is 2.26. The molecule has 1 unspecified atom stereocenters. The standard InChI is InChI=1S/C15H13NO2/c17-16-11-18-15(13-9-5-2-6-10-13)14(16)12-7-3-1-4-8-12/h1-10,15H,11H2. The van der Waals surface area contributed by atoms with E-state index in [-0.39, 0.29) is 12.8 Å². The van der Waals surface area contributed by atoms with Crippen LogP contribution in [0.5, 0.6) is 0 Å². The zero-order valence-electron chi connectivity index (χ0n) is 9.82. The van der Waals surface area contributed by atoms with Crippen LogP contribution in [0.1, 0.15) is 17.2 Å². The van der Waals surface area contributed by atoms with Gasteiger partial charge in [0.25, 0.3) is 6.73 Å². The highest BCUT2D eigenvalue weighted by atomic mass is 16.6. The van der Waals surface area contributed by atoms with Gasteiger partial charge in [-0.3, -0.25) is 0 Å². The van der Waals surface area contributed by atoms with Gasteiger partial charge in [0.15, 0.2) is 6.10 Å². The quantitative estimate of drug-likeness (QED) is 0.596. The van der Waals surface area contributed by atoms with Crippen LogP contribution in [-0.2, 0) is 4.74 Å². The van der Waals surface area contributed by atoms with E-state index >= 15 is 0 Å². The summed E-state index contributed by atoms with van der Waals surface area (Å²) < 4.78 is 6.52. The molecule has 0 fully saturated rings. The Hall–Kier alpha value is -2.13. The molecule has 2 aromatic rings. The summed E-state index contributed by atoms with van der Waals surface area (Å²) in [7, 11) is 0. The van der Waals surface area contributed by atoms with Crippen LogP contribution in [0.3, 0.4) is 0 Å². The highest BCUT2D eigenvalue weighted by molar-refractivity contribution is 6.01. The van der Waals surface area contributed by atoms with Crippen molar-refractivity contribution in [1.82, 2.24) is 0 Å². The first-order valence-electron chi connectivity index (χ1n) is 5.90. The van der Waals surface area contributed by atoms with Gasteiger partial charge in [-0.05, 0) is 17.7 Å². The van der Waals surface area contributed by atoms with Crippen LogP contribution < -0.4 is 0 Å². The zero-order chi connectivity index (χ0) is 12.4. The third-order valence-electron chi connectivity index (χ3n) is 3.05. The van der Waals surface area contributed by atoms with E-state index in [0.29, 0.717) is 5.71 Å². The Kier molecular flexibility index (Phi) is 2.82. The van der Waals surface area contributed by atoms with E-state index in [2.05, 4.69) is 0 Å². The van der Waals surface area contributed by atoms with Crippen LogP contribution in [0.2, 0.25) is 0 Å². The zero-order valence-corrected chi connectivity index (χ0v) is 9.82. The lowest BCUT2D eigenvalue weighted by atomic mass is 9.99. The molecular formula is C15H13NO2. The van der Waals surface area contributed by atoms with E-state index in [1.165, 1.54) is 0 Å². The lowest BCUT2D eigenvalue weighted by Crippen LogP contribution is -2.15. The average molecular weight is 239 g/mol. The molecule has 0 saturated carbocycles. The Bertz CT molecular complexity index is 564. The van der Waals surface area contributed by atoms with Gasteiger partial charge in [0.2, 0.25) is 5.71 Å². The highest BCUT2D eigenvalue weighted by Gasteiger charge is 2.33. The second-order valence-corrected chi connectivity index (χ2v) is 4.22. The fraction of sp³-hybridized carbons (Fsp3) is 0.133. The van der Waals surface area contributed by atoms with Crippen molar-refractivity contribution in [1.29, 1.82) is 0 Å². The first-order chi connectivity index (χ1) is 8.86. The van der Waals surface area contributed by atoms with Crippen LogP contribution in [0.4, 0.5) is 0 Å². The number of nitrogens with zero attached hydrogens (tertiary/aromatic N) is 1. The second kappa shape index (κ2) is 4.63. The molecule has 0 spiro atoms. The monoisotopic (exact) mass is 239 g/mol. The molecule has 2 aromatic carbocycles. The summed E-state index contributed by atoms with van der Waals surface area (Å²) >= 11 is 0. The topological polar surface area (TPSA) is 35.3 Å². The van der Waals surface area contributed by atoms with E-state index in [0.717, 1.165) is 15.9 Å². The van der Waals surface area contributed by atoms with E-state index < -0.39 is 0 Å². The molecule has 0 aromatic heterocycles. The molecule has 0 amide bonds. The van der Waals surface area contributed by atoms with Gasteiger partial charge in [0.1, 0.15) is 0 Å². The Labute approximate surface area is 106 Å². The van der Waals surface area contributed by atoms with Gasteiger partial charge in [-0.15, -0.1) is 0 Å². The third-order valence-corrected chi connectivity index (χ3v) is 3.05. The maximum Gasteiger partial charge on any atom is 0.259 e. The first-order valence-corrected chi connectivity index (χ1v) is 5.90. The minimum Gasteiger partial charge on any atom is -0.622 e. The van der Waals surface area contributed by atoms with Crippen LogP contribution in [0.15, 0.2) is 60.7 Å². The van der Waals surface area contributed by atoms with Crippen molar-refractivity contribution in [2.24, 2.45) is 0 Å². The number of ether oxygens (including phenoxy) is 1. The van der Waals surface area contributed by atoms with Crippen molar-refractivity contribution in [3.63, 3.8) is 0 Å². The summed E-state index contributed by atoms with van der Waals surface area (Å²) in [5.74, 6) is 0. The minimum absolute atomic E-state index is 0.0871. The van der Waals surface area contributed by atoms with Crippen LogP contribution in [0, 0.1) is 5.21 Å². The second-order valence-electron chi connectivity index (χ2n) is 4.22. The molecule has 1 heterocycles. The summed E-state index contributed by atoms with van der Waals surface area (Å²) in [6, 6.07) is 19.5. The number of hydroxylamine groups is 1. The Balaban J connectivity index is 2.03. The Morgan fingerprint density at radius 3 is 2.22 bits per heavy atom. The van der Waals surface area contributed by atoms with Gasteiger partial charge >= 0.3 is 0 Å². The molecule has 3 rings (SSSR count). The molecule has 0 saturated heterocycles. The molecule has 90 valence electrons. The largest absolute Gasteiger partial charge is 0.622 e. The van der Waals surface area contributed by atoms with E-state index in [4.69, 9.17) is 4.74 Å². The molecule has 0 N–H and O–H groups in total. The predicted octanol–water partition coefficient (Wildman–Crippen LogP) is 2.72. The van der Waals surface area contributed by atoms with Crippen molar-refractivity contribution < 1.29 is 9.48 Å². The van der Waals surface area contributed by atoms with Crippen LogP contribution >= 0.6 is 0 Å². The fourth-order valence-corrected chi connectivity index (χ4v) is 2.21. The van der Waals surface area contributed by atoms with E-state index in [1.807, 2.05) is 60.7 Å². The molecular weight excluding hydrogens is 226 g/mol. The van der Waals surface area contributed by atoms with Crippen molar-refractivity contribution in [3.8, 4) is 0 Å². The third kappa shape index (κ3) is 1.89. The predicted molar refractivity (Wildman–Crippen MR) is 69.3 cm³/mol. The number of hydrogen-bond acceptors (Lipinski definition) is 2. The molecule has 18 heavy (non-hydrogen) atoms. The van der Waals surface area contributed by atoms with Crippen molar-refractivity contribution in [2.75, 3.05) is 6.73 Å². The van der Waals surface area contributed by atoms with Gasteiger partial charge in [-0.2, -0.15) is 4.74 Å². The molecule has 1 atom stereocenters. The van der Waals surface area contributed by atoms with Crippen LogP contribution in [-0.4, -0.2) is 17.2 Å². The summed E-state index contributed by atoms with van der Waals surface area (Å²) in [5.41, 5.74) is 2.61. The molecule has 0 radical (unpaired) electrons. The number of benzene rings is 2. The lowest BCUT2D eigenvalue weighted by Gasteiger charge is -2.09. The molecule has 3 nitrogen and oxygen atoms in total. The minimum atomic E-state index is -0.272. The molecule has 0 bridgehead atoms.